The van der Waals surface area contributed by atoms with Crippen molar-refractivity contribution in [3.8, 4) is 11.5 Å². The Balaban J connectivity index is 1.62. The van der Waals surface area contributed by atoms with Gasteiger partial charge in [-0.1, -0.05) is 24.3 Å². The monoisotopic (exact) mass is 312 g/mol. The highest BCUT2D eigenvalue weighted by molar-refractivity contribution is 5.90. The first kappa shape index (κ1) is 15.2. The number of hydrogen-bond acceptors (Lipinski definition) is 3. The van der Waals surface area contributed by atoms with Gasteiger partial charge in [0.15, 0.2) is 0 Å². The normalized spacial score (nSPS) is 13.3. The molecule has 0 fully saturated rings. The maximum Gasteiger partial charge on any atom is 0.319 e. The summed E-state index contributed by atoms with van der Waals surface area (Å²) in [5.74, 6) is 1.26. The number of benzene rings is 2. The second-order valence-corrected chi connectivity index (χ2v) is 5.57. The molecule has 0 atom stereocenters. The number of carbonyl (C=O) groups excluding carboxylic acids is 1. The lowest BCUT2D eigenvalue weighted by Crippen LogP contribution is -2.38. The molecular weight excluding hydrogens is 292 g/mol. The molecule has 0 bridgehead atoms. The fourth-order valence-corrected chi connectivity index (χ4v) is 2.89. The molecule has 0 aliphatic heterocycles. The van der Waals surface area contributed by atoms with Gasteiger partial charge in [0.2, 0.25) is 0 Å². The second-order valence-electron chi connectivity index (χ2n) is 5.57. The Morgan fingerprint density at radius 3 is 2.09 bits per heavy atom. The van der Waals surface area contributed by atoms with Gasteiger partial charge >= 0.3 is 6.03 Å². The molecule has 2 aromatic rings. The second kappa shape index (κ2) is 6.60. The standard InChI is InChI=1S/C18H20N2O3/c1-22-16-9-15(10-17(11-16)23-2)20-18(21)19-14-7-12-5-3-4-6-13(12)8-14/h3-6,9-11,14H,7-8H2,1-2H3,(H2,19,20,21). The Morgan fingerprint density at radius 2 is 1.57 bits per heavy atom. The first-order chi connectivity index (χ1) is 11.2. The van der Waals surface area contributed by atoms with E-state index in [1.807, 2.05) is 12.1 Å². The van der Waals surface area contributed by atoms with Crippen molar-refractivity contribution in [3.05, 3.63) is 53.6 Å². The number of urea groups is 1. The number of carbonyl (C=O) groups is 1. The van der Waals surface area contributed by atoms with Gasteiger partial charge in [0.1, 0.15) is 11.5 Å². The Labute approximate surface area is 135 Å². The molecule has 2 amide bonds. The minimum absolute atomic E-state index is 0.125. The molecule has 0 aromatic heterocycles. The molecule has 0 unspecified atom stereocenters. The van der Waals surface area contributed by atoms with E-state index in [2.05, 4.69) is 22.8 Å². The minimum atomic E-state index is -0.224. The van der Waals surface area contributed by atoms with E-state index in [0.717, 1.165) is 12.8 Å². The quantitative estimate of drug-likeness (QED) is 0.912. The average molecular weight is 312 g/mol. The van der Waals surface area contributed by atoms with Crippen molar-refractivity contribution in [2.75, 3.05) is 19.5 Å². The summed E-state index contributed by atoms with van der Waals surface area (Å²) in [5, 5.41) is 5.85. The third-order valence-corrected chi connectivity index (χ3v) is 4.00. The zero-order chi connectivity index (χ0) is 16.2. The van der Waals surface area contributed by atoms with E-state index >= 15 is 0 Å². The first-order valence-electron chi connectivity index (χ1n) is 7.55. The van der Waals surface area contributed by atoms with E-state index in [9.17, 15) is 4.79 Å². The summed E-state index contributed by atoms with van der Waals surface area (Å²) in [6.07, 6.45) is 1.73. The van der Waals surface area contributed by atoms with Crippen LogP contribution >= 0.6 is 0 Å². The van der Waals surface area contributed by atoms with E-state index < -0.39 is 0 Å². The molecule has 2 N–H and O–H groups in total. The highest BCUT2D eigenvalue weighted by atomic mass is 16.5. The van der Waals surface area contributed by atoms with Crippen LogP contribution in [-0.2, 0) is 12.8 Å². The number of fused-ring (bicyclic) bond motifs is 1. The summed E-state index contributed by atoms with van der Waals surface area (Å²) in [6, 6.07) is 13.5. The molecule has 1 aliphatic rings. The van der Waals surface area contributed by atoms with Crippen molar-refractivity contribution in [2.24, 2.45) is 0 Å². The maximum absolute atomic E-state index is 12.2. The maximum atomic E-state index is 12.2. The van der Waals surface area contributed by atoms with Gasteiger partial charge in [0.25, 0.3) is 0 Å². The average Bonchev–Trinajstić information content (AvgIpc) is 2.96. The zero-order valence-corrected chi connectivity index (χ0v) is 13.3. The smallest absolute Gasteiger partial charge is 0.319 e. The summed E-state index contributed by atoms with van der Waals surface area (Å²) in [7, 11) is 3.16. The Kier molecular flexibility index (Phi) is 4.37. The molecule has 0 saturated heterocycles. The van der Waals surface area contributed by atoms with E-state index in [4.69, 9.17) is 9.47 Å². The summed E-state index contributed by atoms with van der Waals surface area (Å²) in [4.78, 5) is 12.2. The molecule has 5 nitrogen and oxygen atoms in total. The van der Waals surface area contributed by atoms with Crippen molar-refractivity contribution in [3.63, 3.8) is 0 Å². The molecule has 5 heteroatoms. The molecule has 0 radical (unpaired) electrons. The largest absolute Gasteiger partial charge is 0.497 e. The Bertz CT molecular complexity index is 668. The fraction of sp³-hybridized carbons (Fsp3) is 0.278. The number of anilines is 1. The van der Waals surface area contributed by atoms with Crippen molar-refractivity contribution in [1.29, 1.82) is 0 Å². The van der Waals surface area contributed by atoms with E-state index in [-0.39, 0.29) is 12.1 Å². The molecule has 2 aromatic carbocycles. The van der Waals surface area contributed by atoms with Crippen LogP contribution in [0.5, 0.6) is 11.5 Å². The van der Waals surface area contributed by atoms with Crippen molar-refractivity contribution in [1.82, 2.24) is 5.32 Å². The molecular formula is C18H20N2O3. The minimum Gasteiger partial charge on any atom is -0.497 e. The summed E-state index contributed by atoms with van der Waals surface area (Å²) in [6.45, 7) is 0. The molecule has 0 spiro atoms. The van der Waals surface area contributed by atoms with Crippen LogP contribution in [0.2, 0.25) is 0 Å². The molecule has 23 heavy (non-hydrogen) atoms. The SMILES string of the molecule is COc1cc(NC(=O)NC2Cc3ccccc3C2)cc(OC)c1. The van der Waals surface area contributed by atoms with Gasteiger partial charge in [-0.15, -0.1) is 0 Å². The number of rotatable bonds is 4. The number of nitrogens with one attached hydrogen (secondary N) is 2. The van der Waals surface area contributed by atoms with Gasteiger partial charge in [0.05, 0.1) is 14.2 Å². The highest BCUT2D eigenvalue weighted by Gasteiger charge is 2.22. The van der Waals surface area contributed by atoms with E-state index in [1.165, 1.54) is 11.1 Å². The van der Waals surface area contributed by atoms with Crippen LogP contribution in [0.4, 0.5) is 10.5 Å². The molecule has 0 heterocycles. The van der Waals surface area contributed by atoms with Crippen molar-refractivity contribution >= 4 is 11.7 Å². The first-order valence-corrected chi connectivity index (χ1v) is 7.55. The van der Waals surface area contributed by atoms with Crippen LogP contribution in [0.1, 0.15) is 11.1 Å². The number of methoxy groups -OCH3 is 2. The van der Waals surface area contributed by atoms with Crippen LogP contribution in [-0.4, -0.2) is 26.3 Å². The van der Waals surface area contributed by atoms with Gasteiger partial charge in [-0.25, -0.2) is 4.79 Å². The topological polar surface area (TPSA) is 59.6 Å². The number of hydrogen-bond donors (Lipinski definition) is 2. The molecule has 1 aliphatic carbocycles. The third-order valence-electron chi connectivity index (χ3n) is 4.00. The zero-order valence-electron chi connectivity index (χ0n) is 13.3. The predicted molar refractivity (Wildman–Crippen MR) is 89.3 cm³/mol. The van der Waals surface area contributed by atoms with Gasteiger partial charge in [-0.3, -0.25) is 0 Å². The lowest BCUT2D eigenvalue weighted by Gasteiger charge is -2.14. The number of ether oxygens (including phenoxy) is 2. The summed E-state index contributed by atoms with van der Waals surface area (Å²) in [5.41, 5.74) is 3.25. The molecule has 120 valence electrons. The Morgan fingerprint density at radius 1 is 1.00 bits per heavy atom. The van der Waals surface area contributed by atoms with Gasteiger partial charge < -0.3 is 20.1 Å². The Hall–Kier alpha value is -2.69. The fourth-order valence-electron chi connectivity index (χ4n) is 2.89. The predicted octanol–water partition coefficient (Wildman–Crippen LogP) is 2.99. The van der Waals surface area contributed by atoms with Crippen molar-refractivity contribution in [2.45, 2.75) is 18.9 Å². The highest BCUT2D eigenvalue weighted by Crippen LogP contribution is 2.26. The molecule has 3 rings (SSSR count). The van der Waals surface area contributed by atoms with Gasteiger partial charge in [0, 0.05) is 29.9 Å². The van der Waals surface area contributed by atoms with Crippen LogP contribution in [0.25, 0.3) is 0 Å². The van der Waals surface area contributed by atoms with Crippen molar-refractivity contribution < 1.29 is 14.3 Å². The summed E-state index contributed by atoms with van der Waals surface area (Å²) < 4.78 is 10.4. The van der Waals surface area contributed by atoms with E-state index in [1.54, 1.807) is 32.4 Å². The van der Waals surface area contributed by atoms with Crippen LogP contribution in [0, 0.1) is 0 Å². The lowest BCUT2D eigenvalue weighted by molar-refractivity contribution is 0.249. The lowest BCUT2D eigenvalue weighted by atomic mass is 10.1. The van der Waals surface area contributed by atoms with Crippen LogP contribution in [0.3, 0.4) is 0 Å². The van der Waals surface area contributed by atoms with Gasteiger partial charge in [-0.05, 0) is 24.0 Å². The van der Waals surface area contributed by atoms with E-state index in [0.29, 0.717) is 17.2 Å². The van der Waals surface area contributed by atoms with Gasteiger partial charge in [-0.2, -0.15) is 0 Å². The van der Waals surface area contributed by atoms with Crippen LogP contribution < -0.4 is 20.1 Å². The summed E-state index contributed by atoms with van der Waals surface area (Å²) >= 11 is 0. The number of amides is 2. The van der Waals surface area contributed by atoms with Crippen LogP contribution in [0.15, 0.2) is 42.5 Å². The third kappa shape index (κ3) is 3.56. The molecule has 0 saturated carbocycles.